The van der Waals surface area contributed by atoms with Gasteiger partial charge in [-0.3, -0.25) is 4.57 Å². The van der Waals surface area contributed by atoms with E-state index in [0.717, 1.165) is 22.7 Å². The number of benzene rings is 2. The van der Waals surface area contributed by atoms with E-state index in [1.165, 1.54) is 12.1 Å². The summed E-state index contributed by atoms with van der Waals surface area (Å²) in [5.74, 6) is 7.05. The van der Waals surface area contributed by atoms with E-state index < -0.39 is 6.61 Å². The smallest absolute Gasteiger partial charge is 0.387 e. The minimum atomic E-state index is -2.91. The molecule has 1 aliphatic rings. The van der Waals surface area contributed by atoms with Crippen LogP contribution < -0.4 is 9.47 Å². The van der Waals surface area contributed by atoms with E-state index in [1.54, 1.807) is 30.4 Å². The van der Waals surface area contributed by atoms with Gasteiger partial charge < -0.3 is 9.47 Å². The van der Waals surface area contributed by atoms with Crippen molar-refractivity contribution in [2.75, 3.05) is 7.11 Å². The van der Waals surface area contributed by atoms with Gasteiger partial charge in [0.05, 0.1) is 36.1 Å². The molecule has 2 aromatic heterocycles. The second-order valence-corrected chi connectivity index (χ2v) is 6.73. The van der Waals surface area contributed by atoms with Crippen LogP contribution in [0.15, 0.2) is 55.0 Å². The normalized spacial score (nSPS) is 11.6. The summed E-state index contributed by atoms with van der Waals surface area (Å²) in [7, 11) is 1.61. The Morgan fingerprint density at radius 1 is 1.03 bits per heavy atom. The molecule has 154 valence electrons. The highest BCUT2D eigenvalue weighted by molar-refractivity contribution is 5.59. The summed E-state index contributed by atoms with van der Waals surface area (Å²) in [5.41, 5.74) is 4.36. The fourth-order valence-corrected chi connectivity index (χ4v) is 3.46. The van der Waals surface area contributed by atoms with Crippen molar-refractivity contribution in [3.05, 3.63) is 77.6 Å². The molecule has 0 spiro atoms. The van der Waals surface area contributed by atoms with E-state index >= 15 is 0 Å². The number of fused-ring (bicyclic) bond motifs is 5. The van der Waals surface area contributed by atoms with E-state index in [1.807, 2.05) is 28.8 Å². The third-order valence-electron chi connectivity index (χ3n) is 4.91. The Hall–Kier alpha value is -4.19. The fraction of sp³-hybridized carbons (Fsp3) is 0.136. The van der Waals surface area contributed by atoms with Crippen LogP contribution in [-0.4, -0.2) is 38.3 Å². The predicted molar refractivity (Wildman–Crippen MR) is 107 cm³/mol. The molecule has 9 heteroatoms. The molecule has 7 nitrogen and oxygen atoms in total. The zero-order chi connectivity index (χ0) is 21.4. The third-order valence-corrected chi connectivity index (χ3v) is 4.91. The van der Waals surface area contributed by atoms with Gasteiger partial charge in [-0.05, 0) is 42.3 Å². The standard InChI is InChI=1S/C22H15F2N5O2/c1-30-16-5-2-14(3-6-16)4-8-18-20-10-15-12-26-27-29(15)21-11-17(31-22(23)24)7-9-19(21)28(20)13-25-18/h2-3,5-7,9,11-13,22H,10H2,1H3. The molecule has 0 aliphatic carbocycles. The zero-order valence-corrected chi connectivity index (χ0v) is 16.3. The molecule has 0 atom stereocenters. The Balaban J connectivity index is 1.59. The van der Waals surface area contributed by atoms with Crippen LogP contribution in [-0.2, 0) is 6.42 Å². The molecule has 0 radical (unpaired) electrons. The van der Waals surface area contributed by atoms with Crippen LogP contribution in [0.4, 0.5) is 8.78 Å². The lowest BCUT2D eigenvalue weighted by molar-refractivity contribution is -0.0498. The Kier molecular flexibility index (Phi) is 4.59. The van der Waals surface area contributed by atoms with E-state index in [0.29, 0.717) is 23.5 Å². The molecule has 31 heavy (non-hydrogen) atoms. The summed E-state index contributed by atoms with van der Waals surface area (Å²) < 4.78 is 38.6. The number of halogens is 2. The predicted octanol–water partition coefficient (Wildman–Crippen LogP) is 3.37. The van der Waals surface area contributed by atoms with Gasteiger partial charge in [0.25, 0.3) is 0 Å². The van der Waals surface area contributed by atoms with Gasteiger partial charge in [-0.1, -0.05) is 11.1 Å². The molecule has 0 saturated carbocycles. The highest BCUT2D eigenvalue weighted by atomic mass is 19.3. The maximum Gasteiger partial charge on any atom is 0.387 e. The Bertz CT molecular complexity index is 1320. The largest absolute Gasteiger partial charge is 0.497 e. The van der Waals surface area contributed by atoms with Gasteiger partial charge >= 0.3 is 6.61 Å². The lowest BCUT2D eigenvalue weighted by atomic mass is 10.1. The summed E-state index contributed by atoms with van der Waals surface area (Å²) in [5, 5.41) is 8.10. The van der Waals surface area contributed by atoms with E-state index in [9.17, 15) is 8.78 Å². The molecule has 0 fully saturated rings. The Morgan fingerprint density at radius 2 is 1.84 bits per heavy atom. The SMILES string of the molecule is COc1ccc(C#Cc2ncn3c2Cc2cnnn2-c2cc(OC(F)F)ccc2-3)cc1. The zero-order valence-electron chi connectivity index (χ0n) is 16.3. The Morgan fingerprint density at radius 3 is 2.61 bits per heavy atom. The van der Waals surface area contributed by atoms with E-state index in [4.69, 9.17) is 4.74 Å². The lowest BCUT2D eigenvalue weighted by Gasteiger charge is -2.12. The minimum Gasteiger partial charge on any atom is -0.497 e. The molecular weight excluding hydrogens is 404 g/mol. The van der Waals surface area contributed by atoms with Gasteiger partial charge in [0.2, 0.25) is 0 Å². The Labute approximate surface area is 175 Å². The van der Waals surface area contributed by atoms with E-state index in [2.05, 4.69) is 31.9 Å². The molecule has 2 aromatic carbocycles. The van der Waals surface area contributed by atoms with Crippen molar-refractivity contribution in [1.29, 1.82) is 0 Å². The maximum atomic E-state index is 12.7. The molecule has 3 heterocycles. The summed E-state index contributed by atoms with van der Waals surface area (Å²) >= 11 is 0. The minimum absolute atomic E-state index is 0.0401. The van der Waals surface area contributed by atoms with Crippen molar-refractivity contribution < 1.29 is 18.3 Å². The molecule has 4 aromatic rings. The number of hydrogen-bond donors (Lipinski definition) is 0. The first-order chi connectivity index (χ1) is 15.1. The number of methoxy groups -OCH3 is 1. The average Bonchev–Trinajstić information content (AvgIpc) is 3.37. The van der Waals surface area contributed by atoms with Crippen LogP contribution in [0.3, 0.4) is 0 Å². The molecule has 1 aliphatic heterocycles. The number of rotatable bonds is 3. The topological polar surface area (TPSA) is 67.0 Å². The van der Waals surface area contributed by atoms with Gasteiger partial charge in [0, 0.05) is 18.1 Å². The van der Waals surface area contributed by atoms with E-state index in [-0.39, 0.29) is 5.75 Å². The van der Waals surface area contributed by atoms with Crippen LogP contribution in [0, 0.1) is 11.8 Å². The number of imidazole rings is 1. The van der Waals surface area contributed by atoms with Crippen LogP contribution in [0.1, 0.15) is 22.6 Å². The second-order valence-electron chi connectivity index (χ2n) is 6.73. The second kappa shape index (κ2) is 7.57. The maximum absolute atomic E-state index is 12.7. The number of hydrogen-bond acceptors (Lipinski definition) is 5. The van der Waals surface area contributed by atoms with Crippen LogP contribution >= 0.6 is 0 Å². The van der Waals surface area contributed by atoms with Crippen molar-refractivity contribution in [2.45, 2.75) is 13.0 Å². The highest BCUT2D eigenvalue weighted by Crippen LogP contribution is 2.31. The molecule has 0 N–H and O–H groups in total. The van der Waals surface area contributed by atoms with Crippen LogP contribution in [0.2, 0.25) is 0 Å². The van der Waals surface area contributed by atoms with Crippen LogP contribution in [0.25, 0.3) is 11.4 Å². The summed E-state index contributed by atoms with van der Waals surface area (Å²) in [4.78, 5) is 4.48. The highest BCUT2D eigenvalue weighted by Gasteiger charge is 2.23. The molecule has 5 rings (SSSR count). The average molecular weight is 419 g/mol. The molecule has 0 unspecified atom stereocenters. The van der Waals surface area contributed by atoms with Gasteiger partial charge in [-0.15, -0.1) is 5.10 Å². The summed E-state index contributed by atoms with van der Waals surface area (Å²) in [6, 6.07) is 12.1. The van der Waals surface area contributed by atoms with Crippen LogP contribution in [0.5, 0.6) is 11.5 Å². The fourth-order valence-electron chi connectivity index (χ4n) is 3.46. The van der Waals surface area contributed by atoms with Crippen molar-refractivity contribution in [3.63, 3.8) is 0 Å². The monoisotopic (exact) mass is 419 g/mol. The number of ether oxygens (including phenoxy) is 2. The van der Waals surface area contributed by atoms with Crippen molar-refractivity contribution in [2.24, 2.45) is 0 Å². The summed E-state index contributed by atoms with van der Waals surface area (Å²) in [6.45, 7) is -2.91. The molecule has 0 bridgehead atoms. The summed E-state index contributed by atoms with van der Waals surface area (Å²) in [6.07, 6.45) is 3.77. The van der Waals surface area contributed by atoms with Gasteiger partial charge in [-0.2, -0.15) is 8.78 Å². The van der Waals surface area contributed by atoms with Crippen molar-refractivity contribution >= 4 is 0 Å². The number of aromatic nitrogens is 5. The molecular formula is C22H15F2N5O2. The van der Waals surface area contributed by atoms with Gasteiger partial charge in [-0.25, -0.2) is 9.67 Å². The molecule has 0 amide bonds. The number of alkyl halides is 2. The van der Waals surface area contributed by atoms with Crippen molar-refractivity contribution in [3.8, 4) is 34.7 Å². The number of nitrogens with zero attached hydrogens (tertiary/aromatic N) is 5. The first-order valence-electron chi connectivity index (χ1n) is 9.34. The quantitative estimate of drug-likeness (QED) is 0.420. The van der Waals surface area contributed by atoms with Gasteiger partial charge in [0.1, 0.15) is 23.5 Å². The first-order valence-corrected chi connectivity index (χ1v) is 9.34. The molecule has 0 saturated heterocycles. The van der Waals surface area contributed by atoms with Crippen molar-refractivity contribution in [1.82, 2.24) is 24.5 Å². The first kappa shape index (κ1) is 18.8. The third kappa shape index (κ3) is 3.48. The van der Waals surface area contributed by atoms with Gasteiger partial charge in [0.15, 0.2) is 0 Å². The lowest BCUT2D eigenvalue weighted by Crippen LogP contribution is -2.06.